The van der Waals surface area contributed by atoms with Gasteiger partial charge in [-0.3, -0.25) is 9.69 Å². The van der Waals surface area contributed by atoms with E-state index in [1.807, 2.05) is 4.90 Å². The molecular weight excluding hydrogens is 439 g/mol. The summed E-state index contributed by atoms with van der Waals surface area (Å²) in [5.41, 5.74) is 0.586. The standard InChI is InChI=1S/C22H24F3N5O3/c1-32-16-4-6-20(33-2)18(12-16)26-21(31)13-29-9-7-15(8-10-29)30-19-5-3-14(22(23,24)25)11-17(19)27-28-30/h3-6,11-12,15H,7-10,13H2,1-2H3,(H,26,31). The lowest BCUT2D eigenvalue weighted by Crippen LogP contribution is -2.39. The third-order valence-corrected chi connectivity index (χ3v) is 5.75. The van der Waals surface area contributed by atoms with Gasteiger partial charge in [0.2, 0.25) is 5.91 Å². The zero-order valence-corrected chi connectivity index (χ0v) is 18.2. The van der Waals surface area contributed by atoms with E-state index in [0.717, 1.165) is 12.1 Å². The highest BCUT2D eigenvalue weighted by Gasteiger charge is 2.31. The second-order valence-electron chi connectivity index (χ2n) is 7.86. The van der Waals surface area contributed by atoms with Crippen LogP contribution in [0.25, 0.3) is 11.0 Å². The van der Waals surface area contributed by atoms with Crippen LogP contribution in [0, 0.1) is 0 Å². The molecule has 1 aromatic heterocycles. The molecule has 11 heteroatoms. The largest absolute Gasteiger partial charge is 0.497 e. The molecule has 0 atom stereocenters. The van der Waals surface area contributed by atoms with Gasteiger partial charge in [0.25, 0.3) is 0 Å². The van der Waals surface area contributed by atoms with Gasteiger partial charge in [-0.25, -0.2) is 4.68 Å². The summed E-state index contributed by atoms with van der Waals surface area (Å²) in [6.45, 7) is 1.50. The van der Waals surface area contributed by atoms with Crippen molar-refractivity contribution in [3.05, 3.63) is 42.0 Å². The Labute approximate surface area is 188 Å². The number of fused-ring (bicyclic) bond motifs is 1. The van der Waals surface area contributed by atoms with Crippen LogP contribution >= 0.6 is 0 Å². The fourth-order valence-corrected chi connectivity index (χ4v) is 4.01. The second kappa shape index (κ2) is 9.26. The lowest BCUT2D eigenvalue weighted by atomic mass is 10.0. The molecule has 1 fully saturated rings. The molecule has 1 saturated heterocycles. The van der Waals surface area contributed by atoms with Gasteiger partial charge in [-0.1, -0.05) is 5.21 Å². The number of benzene rings is 2. The van der Waals surface area contributed by atoms with Crippen LogP contribution in [0.2, 0.25) is 0 Å². The summed E-state index contributed by atoms with van der Waals surface area (Å²) in [5, 5.41) is 10.9. The molecule has 8 nitrogen and oxygen atoms in total. The Morgan fingerprint density at radius 3 is 2.55 bits per heavy atom. The maximum absolute atomic E-state index is 12.9. The highest BCUT2D eigenvalue weighted by atomic mass is 19.4. The number of hydrogen-bond acceptors (Lipinski definition) is 6. The number of hydrogen-bond donors (Lipinski definition) is 1. The van der Waals surface area contributed by atoms with Gasteiger partial charge in [0.05, 0.1) is 43.6 Å². The molecule has 2 heterocycles. The van der Waals surface area contributed by atoms with E-state index < -0.39 is 11.7 Å². The number of amides is 1. The molecule has 1 aliphatic heterocycles. The summed E-state index contributed by atoms with van der Waals surface area (Å²) in [6, 6.07) is 8.66. The van der Waals surface area contributed by atoms with Crippen molar-refractivity contribution >= 4 is 22.6 Å². The number of likely N-dealkylation sites (tertiary alicyclic amines) is 1. The van der Waals surface area contributed by atoms with Crippen molar-refractivity contribution in [1.82, 2.24) is 19.9 Å². The van der Waals surface area contributed by atoms with Crippen molar-refractivity contribution in [2.24, 2.45) is 0 Å². The van der Waals surface area contributed by atoms with Crippen molar-refractivity contribution in [3.63, 3.8) is 0 Å². The smallest absolute Gasteiger partial charge is 0.416 e. The summed E-state index contributed by atoms with van der Waals surface area (Å²) < 4.78 is 51.0. The molecule has 0 unspecified atom stereocenters. The van der Waals surface area contributed by atoms with Crippen molar-refractivity contribution < 1.29 is 27.4 Å². The number of anilines is 1. The Balaban J connectivity index is 1.36. The number of methoxy groups -OCH3 is 2. The molecule has 0 spiro atoms. The van der Waals surface area contributed by atoms with Gasteiger partial charge in [0, 0.05) is 19.2 Å². The molecule has 176 valence electrons. The average molecular weight is 463 g/mol. The highest BCUT2D eigenvalue weighted by molar-refractivity contribution is 5.94. The third kappa shape index (κ3) is 5.03. The Bertz CT molecular complexity index is 1140. The topological polar surface area (TPSA) is 81.5 Å². The van der Waals surface area contributed by atoms with Crippen molar-refractivity contribution in [2.75, 3.05) is 39.2 Å². The third-order valence-electron chi connectivity index (χ3n) is 5.75. The number of carbonyl (C=O) groups excluding carboxylic acids is 1. The van der Waals surface area contributed by atoms with Crippen LogP contribution in [-0.4, -0.2) is 59.7 Å². The molecule has 2 aromatic carbocycles. The van der Waals surface area contributed by atoms with Crippen molar-refractivity contribution in [1.29, 1.82) is 0 Å². The van der Waals surface area contributed by atoms with Crippen LogP contribution < -0.4 is 14.8 Å². The fraction of sp³-hybridized carbons (Fsp3) is 0.409. The van der Waals surface area contributed by atoms with Crippen LogP contribution in [0.5, 0.6) is 11.5 Å². The monoisotopic (exact) mass is 463 g/mol. The molecule has 0 bridgehead atoms. The predicted molar refractivity (Wildman–Crippen MR) is 115 cm³/mol. The summed E-state index contributed by atoms with van der Waals surface area (Å²) in [6.07, 6.45) is -3.01. The molecule has 0 aliphatic carbocycles. The number of carbonyl (C=O) groups is 1. The van der Waals surface area contributed by atoms with E-state index in [-0.39, 0.29) is 24.0 Å². The highest BCUT2D eigenvalue weighted by Crippen LogP contribution is 2.33. The van der Waals surface area contributed by atoms with Crippen LogP contribution in [0.3, 0.4) is 0 Å². The van der Waals surface area contributed by atoms with Crippen LogP contribution in [-0.2, 0) is 11.0 Å². The quantitative estimate of drug-likeness (QED) is 0.600. The maximum Gasteiger partial charge on any atom is 0.416 e. The van der Waals surface area contributed by atoms with Crippen molar-refractivity contribution in [3.8, 4) is 11.5 Å². The first-order valence-electron chi connectivity index (χ1n) is 10.4. The molecular formula is C22H24F3N5O3. The lowest BCUT2D eigenvalue weighted by molar-refractivity contribution is -0.137. The first-order chi connectivity index (χ1) is 15.8. The first-order valence-corrected chi connectivity index (χ1v) is 10.4. The van der Waals surface area contributed by atoms with E-state index in [4.69, 9.17) is 9.47 Å². The van der Waals surface area contributed by atoms with E-state index in [9.17, 15) is 18.0 Å². The van der Waals surface area contributed by atoms with E-state index >= 15 is 0 Å². The van der Waals surface area contributed by atoms with Gasteiger partial charge in [-0.05, 0) is 43.2 Å². The summed E-state index contributed by atoms with van der Waals surface area (Å²) in [5.74, 6) is 0.967. The summed E-state index contributed by atoms with van der Waals surface area (Å²) in [4.78, 5) is 14.6. The predicted octanol–water partition coefficient (Wildman–Crippen LogP) is 3.74. The van der Waals surface area contributed by atoms with Gasteiger partial charge in [-0.15, -0.1) is 5.10 Å². The number of ether oxygens (including phenoxy) is 2. The summed E-state index contributed by atoms with van der Waals surface area (Å²) in [7, 11) is 3.07. The van der Waals surface area contributed by atoms with E-state index in [2.05, 4.69) is 15.6 Å². The van der Waals surface area contributed by atoms with Gasteiger partial charge < -0.3 is 14.8 Å². The molecule has 33 heavy (non-hydrogen) atoms. The van der Waals surface area contributed by atoms with Gasteiger partial charge in [0.1, 0.15) is 17.0 Å². The van der Waals surface area contributed by atoms with Crippen molar-refractivity contribution in [2.45, 2.75) is 25.1 Å². The number of alkyl halides is 3. The number of nitrogens with one attached hydrogen (secondary N) is 1. The normalized spacial score (nSPS) is 15.5. The minimum atomic E-state index is -4.42. The lowest BCUT2D eigenvalue weighted by Gasteiger charge is -2.31. The van der Waals surface area contributed by atoms with E-state index in [1.165, 1.54) is 13.2 Å². The zero-order valence-electron chi connectivity index (χ0n) is 18.2. The molecule has 0 radical (unpaired) electrons. The number of piperidine rings is 1. The number of rotatable bonds is 6. The molecule has 1 N–H and O–H groups in total. The second-order valence-corrected chi connectivity index (χ2v) is 7.86. The Hall–Kier alpha value is -3.34. The van der Waals surface area contributed by atoms with E-state index in [0.29, 0.717) is 48.6 Å². The van der Waals surface area contributed by atoms with Crippen LogP contribution in [0.15, 0.2) is 36.4 Å². The Morgan fingerprint density at radius 2 is 1.88 bits per heavy atom. The van der Waals surface area contributed by atoms with Gasteiger partial charge >= 0.3 is 6.18 Å². The molecule has 1 amide bonds. The number of halogens is 3. The first kappa shape index (κ1) is 22.8. The van der Waals surface area contributed by atoms with Crippen LogP contribution in [0.1, 0.15) is 24.4 Å². The van der Waals surface area contributed by atoms with Gasteiger partial charge in [0.15, 0.2) is 0 Å². The Morgan fingerprint density at radius 1 is 1.12 bits per heavy atom. The summed E-state index contributed by atoms with van der Waals surface area (Å²) >= 11 is 0. The average Bonchev–Trinajstić information content (AvgIpc) is 3.22. The SMILES string of the molecule is COc1ccc(OC)c(NC(=O)CN2CCC(n3nnc4cc(C(F)(F)F)ccc43)CC2)c1. The van der Waals surface area contributed by atoms with E-state index in [1.54, 1.807) is 30.0 Å². The molecule has 4 rings (SSSR count). The maximum atomic E-state index is 12.9. The molecule has 1 aliphatic rings. The van der Waals surface area contributed by atoms with Crippen LogP contribution in [0.4, 0.5) is 18.9 Å². The fourth-order valence-electron chi connectivity index (χ4n) is 4.01. The molecule has 0 saturated carbocycles. The Kier molecular flexibility index (Phi) is 6.41. The zero-order chi connectivity index (χ0) is 23.6. The van der Waals surface area contributed by atoms with Gasteiger partial charge in [-0.2, -0.15) is 13.2 Å². The minimum Gasteiger partial charge on any atom is -0.497 e. The number of nitrogens with zero attached hydrogens (tertiary/aromatic N) is 4. The molecule has 3 aromatic rings. The minimum absolute atomic E-state index is 0.00419. The number of aromatic nitrogens is 3.